The predicted molar refractivity (Wildman–Crippen MR) is 76.8 cm³/mol. The van der Waals surface area contributed by atoms with Crippen molar-refractivity contribution >= 4 is 40.5 Å². The second-order valence-corrected chi connectivity index (χ2v) is 5.91. The van der Waals surface area contributed by atoms with Crippen molar-refractivity contribution in [3.05, 3.63) is 43.8 Å². The quantitative estimate of drug-likeness (QED) is 0.845. The summed E-state index contributed by atoms with van der Waals surface area (Å²) in [5, 5.41) is 12.5. The second-order valence-electron chi connectivity index (χ2n) is 3.98. The number of carboxylic acid groups (broad SMARTS) is 1. The molecule has 0 saturated heterocycles. The van der Waals surface area contributed by atoms with E-state index in [0.717, 1.165) is 11.3 Å². The Morgan fingerprint density at radius 1 is 1.45 bits per heavy atom. The minimum atomic E-state index is -1.20. The summed E-state index contributed by atoms with van der Waals surface area (Å²) in [6.07, 6.45) is 0.488. The lowest BCUT2D eigenvalue weighted by molar-refractivity contribution is -0.254. The van der Waals surface area contributed by atoms with Gasteiger partial charge < -0.3 is 14.6 Å². The van der Waals surface area contributed by atoms with E-state index in [-0.39, 0.29) is 4.88 Å². The van der Waals surface area contributed by atoms with E-state index in [1.807, 2.05) is 0 Å². The molecular weight excluding hydrogens is 321 g/mol. The topological polar surface area (TPSA) is 62.2 Å². The Kier molecular flexibility index (Phi) is 4.86. The molecule has 0 aliphatic carbocycles. The maximum Gasteiger partial charge on any atom is 0.139 e. The summed E-state index contributed by atoms with van der Waals surface area (Å²) in [6.45, 7) is 1.97. The number of hydrogen-bond donors (Lipinski definition) is 0. The number of carboxylic acids is 1. The van der Waals surface area contributed by atoms with Crippen LogP contribution in [0.5, 0.6) is 5.75 Å². The Labute approximate surface area is 129 Å². The van der Waals surface area contributed by atoms with E-state index in [4.69, 9.17) is 27.9 Å². The molecule has 7 heteroatoms. The number of ether oxygens (including phenoxy) is 1. The molecule has 1 heterocycles. The average Bonchev–Trinajstić information content (AvgIpc) is 2.75. The molecule has 0 spiro atoms. The predicted octanol–water partition coefficient (Wildman–Crippen LogP) is 2.74. The van der Waals surface area contributed by atoms with Crippen molar-refractivity contribution < 1.29 is 14.6 Å². The Morgan fingerprint density at radius 3 is 2.85 bits per heavy atom. The lowest BCUT2D eigenvalue weighted by Gasteiger charge is -2.07. The zero-order valence-electron chi connectivity index (χ0n) is 10.5. The SMILES string of the molecule is Cc1nc(CCOc2cc(Cl)ccc2Cl)sc1C(=O)[O-]. The van der Waals surface area contributed by atoms with Crippen LogP contribution in [0.2, 0.25) is 10.0 Å². The molecule has 0 saturated carbocycles. The fraction of sp³-hybridized carbons (Fsp3) is 0.231. The molecule has 20 heavy (non-hydrogen) atoms. The molecule has 0 aliphatic heterocycles. The summed E-state index contributed by atoms with van der Waals surface area (Å²) >= 11 is 12.9. The highest BCUT2D eigenvalue weighted by molar-refractivity contribution is 7.13. The van der Waals surface area contributed by atoms with E-state index in [2.05, 4.69) is 4.98 Å². The first-order valence-electron chi connectivity index (χ1n) is 5.73. The van der Waals surface area contributed by atoms with E-state index < -0.39 is 5.97 Å². The zero-order valence-corrected chi connectivity index (χ0v) is 12.8. The number of benzene rings is 1. The second kappa shape index (κ2) is 6.43. The van der Waals surface area contributed by atoms with Gasteiger partial charge in [-0.2, -0.15) is 0 Å². The fourth-order valence-corrected chi connectivity index (χ4v) is 2.80. The lowest BCUT2D eigenvalue weighted by atomic mass is 10.3. The van der Waals surface area contributed by atoms with E-state index in [1.165, 1.54) is 0 Å². The molecular formula is C13H10Cl2NO3S-. The van der Waals surface area contributed by atoms with Gasteiger partial charge in [0.05, 0.1) is 33.2 Å². The van der Waals surface area contributed by atoms with Crippen LogP contribution in [0.4, 0.5) is 0 Å². The van der Waals surface area contributed by atoms with Crippen LogP contribution in [-0.2, 0) is 6.42 Å². The molecule has 0 amide bonds. The number of aryl methyl sites for hydroxylation is 1. The van der Waals surface area contributed by atoms with Gasteiger partial charge >= 0.3 is 0 Å². The van der Waals surface area contributed by atoms with Gasteiger partial charge in [0.1, 0.15) is 5.75 Å². The Hall–Kier alpha value is -1.30. The minimum Gasteiger partial charge on any atom is -0.544 e. The summed E-state index contributed by atoms with van der Waals surface area (Å²) in [6, 6.07) is 4.96. The van der Waals surface area contributed by atoms with Crippen LogP contribution < -0.4 is 9.84 Å². The van der Waals surface area contributed by atoms with Gasteiger partial charge in [-0.15, -0.1) is 11.3 Å². The number of carbonyl (C=O) groups excluding carboxylic acids is 1. The van der Waals surface area contributed by atoms with E-state index in [1.54, 1.807) is 25.1 Å². The van der Waals surface area contributed by atoms with Gasteiger partial charge in [0.15, 0.2) is 0 Å². The maximum absolute atomic E-state index is 10.8. The van der Waals surface area contributed by atoms with Gasteiger partial charge in [-0.25, -0.2) is 4.98 Å². The molecule has 4 nitrogen and oxygen atoms in total. The fourth-order valence-electron chi connectivity index (χ4n) is 1.58. The molecule has 2 rings (SSSR count). The minimum absolute atomic E-state index is 0.154. The number of nitrogens with zero attached hydrogens (tertiary/aromatic N) is 1. The normalized spacial score (nSPS) is 10.6. The molecule has 1 aromatic heterocycles. The molecule has 2 aromatic rings. The van der Waals surface area contributed by atoms with Crippen LogP contribution in [0.25, 0.3) is 0 Å². The van der Waals surface area contributed by atoms with Crippen molar-refractivity contribution in [1.29, 1.82) is 0 Å². The van der Waals surface area contributed by atoms with E-state index in [0.29, 0.717) is 39.5 Å². The van der Waals surface area contributed by atoms with Crippen molar-refractivity contribution in [2.45, 2.75) is 13.3 Å². The third-order valence-electron chi connectivity index (χ3n) is 2.49. The first-order valence-corrected chi connectivity index (χ1v) is 7.30. The first-order chi connectivity index (χ1) is 9.47. The Bertz CT molecular complexity index is 643. The summed E-state index contributed by atoms with van der Waals surface area (Å²) in [7, 11) is 0. The molecule has 106 valence electrons. The molecule has 1 aromatic carbocycles. The number of carbonyl (C=O) groups is 1. The number of thiazole rings is 1. The Morgan fingerprint density at radius 2 is 2.20 bits per heavy atom. The van der Waals surface area contributed by atoms with Gasteiger partial charge in [-0.3, -0.25) is 0 Å². The summed E-state index contributed by atoms with van der Waals surface area (Å²) in [5.74, 6) is -0.711. The molecule has 0 unspecified atom stereocenters. The van der Waals surface area contributed by atoms with Crippen LogP contribution >= 0.6 is 34.5 Å². The third-order valence-corrected chi connectivity index (χ3v) is 4.24. The number of aromatic nitrogens is 1. The van der Waals surface area contributed by atoms with Crippen molar-refractivity contribution in [2.75, 3.05) is 6.61 Å². The molecule has 0 atom stereocenters. The van der Waals surface area contributed by atoms with Crippen molar-refractivity contribution in [3.8, 4) is 5.75 Å². The summed E-state index contributed by atoms with van der Waals surface area (Å²) in [4.78, 5) is 15.1. The first kappa shape index (κ1) is 15.1. The highest BCUT2D eigenvalue weighted by Gasteiger charge is 2.09. The summed E-state index contributed by atoms with van der Waals surface area (Å²) < 4.78 is 5.52. The molecule has 0 radical (unpaired) electrons. The number of hydrogen-bond acceptors (Lipinski definition) is 5. The zero-order chi connectivity index (χ0) is 14.7. The molecule has 0 bridgehead atoms. The van der Waals surface area contributed by atoms with Crippen molar-refractivity contribution in [2.24, 2.45) is 0 Å². The monoisotopic (exact) mass is 330 g/mol. The van der Waals surface area contributed by atoms with E-state index >= 15 is 0 Å². The number of halogens is 2. The van der Waals surface area contributed by atoms with Crippen LogP contribution in [0.15, 0.2) is 18.2 Å². The largest absolute Gasteiger partial charge is 0.544 e. The maximum atomic E-state index is 10.8. The standard InChI is InChI=1S/C13H11Cl2NO3S/c1-7-12(13(17)18)20-11(16-7)4-5-19-10-6-8(14)2-3-9(10)15/h2-3,6H,4-5H2,1H3,(H,17,18)/p-1. The van der Waals surface area contributed by atoms with Crippen molar-refractivity contribution in [1.82, 2.24) is 4.98 Å². The molecule has 0 aliphatic rings. The average molecular weight is 331 g/mol. The smallest absolute Gasteiger partial charge is 0.139 e. The van der Waals surface area contributed by atoms with Crippen LogP contribution in [0, 0.1) is 6.92 Å². The number of aromatic carboxylic acids is 1. The third kappa shape index (κ3) is 3.62. The van der Waals surface area contributed by atoms with Gasteiger partial charge in [0.2, 0.25) is 0 Å². The highest BCUT2D eigenvalue weighted by atomic mass is 35.5. The van der Waals surface area contributed by atoms with Gasteiger partial charge in [0, 0.05) is 17.5 Å². The molecule has 0 N–H and O–H groups in total. The molecule has 0 fully saturated rings. The van der Waals surface area contributed by atoms with Crippen LogP contribution in [0.1, 0.15) is 20.4 Å². The Balaban J connectivity index is 1.98. The van der Waals surface area contributed by atoms with Gasteiger partial charge in [-0.1, -0.05) is 23.2 Å². The van der Waals surface area contributed by atoms with Gasteiger partial charge in [-0.05, 0) is 19.1 Å². The van der Waals surface area contributed by atoms with Gasteiger partial charge in [0.25, 0.3) is 0 Å². The van der Waals surface area contributed by atoms with Crippen molar-refractivity contribution in [3.63, 3.8) is 0 Å². The lowest BCUT2D eigenvalue weighted by Crippen LogP contribution is -2.21. The number of rotatable bonds is 5. The van der Waals surface area contributed by atoms with Crippen LogP contribution in [-0.4, -0.2) is 17.6 Å². The van der Waals surface area contributed by atoms with E-state index in [9.17, 15) is 9.90 Å². The summed E-state index contributed by atoms with van der Waals surface area (Å²) in [5.41, 5.74) is 0.464. The highest BCUT2D eigenvalue weighted by Crippen LogP contribution is 2.28. The van der Waals surface area contributed by atoms with Crippen LogP contribution in [0.3, 0.4) is 0 Å².